The van der Waals surface area contributed by atoms with Gasteiger partial charge in [0.1, 0.15) is 0 Å². The second-order valence-electron chi connectivity index (χ2n) is 8.42. The molecule has 1 saturated heterocycles. The Labute approximate surface area is 172 Å². The first-order valence-electron chi connectivity index (χ1n) is 11.0. The van der Waals surface area contributed by atoms with Crippen LogP contribution >= 0.6 is 0 Å². The van der Waals surface area contributed by atoms with Crippen LogP contribution in [-0.2, 0) is 25.5 Å². The number of para-hydroxylation sites is 1. The molecule has 29 heavy (non-hydrogen) atoms. The molecule has 6 heteroatoms. The average molecular weight is 399 g/mol. The molecule has 0 spiro atoms. The molecule has 2 fully saturated rings. The van der Waals surface area contributed by atoms with E-state index in [1.807, 2.05) is 23.1 Å². The average Bonchev–Trinajstić information content (AvgIpc) is 3.21. The largest absolute Gasteiger partial charge is 0.455 e. The van der Waals surface area contributed by atoms with Gasteiger partial charge >= 0.3 is 5.97 Å². The Morgan fingerprint density at radius 3 is 2.41 bits per heavy atom. The lowest BCUT2D eigenvalue weighted by molar-refractivity contribution is -0.159. The van der Waals surface area contributed by atoms with Crippen molar-refractivity contribution in [3.63, 3.8) is 0 Å². The first-order chi connectivity index (χ1) is 14.1. The van der Waals surface area contributed by atoms with Crippen LogP contribution in [0.1, 0.15) is 50.5 Å². The number of carbonyl (C=O) groups excluding carboxylic acids is 3. The van der Waals surface area contributed by atoms with Crippen LogP contribution < -0.4 is 4.90 Å². The number of amides is 2. The molecule has 0 aromatic heterocycles. The van der Waals surface area contributed by atoms with E-state index in [0.29, 0.717) is 19.4 Å². The Balaban J connectivity index is 1.39. The van der Waals surface area contributed by atoms with E-state index >= 15 is 0 Å². The highest BCUT2D eigenvalue weighted by Gasteiger charge is 2.40. The van der Waals surface area contributed by atoms with E-state index in [1.54, 1.807) is 4.90 Å². The summed E-state index contributed by atoms with van der Waals surface area (Å²) in [5.41, 5.74) is 2.15. The molecule has 2 aliphatic heterocycles. The summed E-state index contributed by atoms with van der Waals surface area (Å²) in [6.07, 6.45) is 7.25. The smallest absolute Gasteiger partial charge is 0.310 e. The Hall–Kier alpha value is -2.37. The number of fused-ring (bicyclic) bond motifs is 1. The Morgan fingerprint density at radius 1 is 0.897 bits per heavy atom. The van der Waals surface area contributed by atoms with Crippen molar-refractivity contribution >= 4 is 23.5 Å². The minimum Gasteiger partial charge on any atom is -0.455 e. The third-order valence-corrected chi connectivity index (χ3v) is 6.59. The molecule has 3 aliphatic rings. The van der Waals surface area contributed by atoms with E-state index in [4.69, 9.17) is 4.74 Å². The van der Waals surface area contributed by atoms with Gasteiger partial charge in [0.25, 0.3) is 5.91 Å². The highest BCUT2D eigenvalue weighted by molar-refractivity contribution is 5.99. The summed E-state index contributed by atoms with van der Waals surface area (Å²) in [5, 5.41) is 0. The fourth-order valence-electron chi connectivity index (χ4n) is 4.95. The van der Waals surface area contributed by atoms with Gasteiger partial charge in [0, 0.05) is 25.3 Å². The Kier molecular flexibility index (Phi) is 6.16. The topological polar surface area (TPSA) is 66.9 Å². The van der Waals surface area contributed by atoms with Gasteiger partial charge < -0.3 is 14.5 Å². The number of piperidine rings is 1. The predicted octanol–water partition coefficient (Wildman–Crippen LogP) is 2.94. The summed E-state index contributed by atoms with van der Waals surface area (Å²) in [6, 6.07) is 7.98. The lowest BCUT2D eigenvalue weighted by Gasteiger charge is -2.32. The molecular weight excluding hydrogens is 368 g/mol. The van der Waals surface area contributed by atoms with Gasteiger partial charge in [0.05, 0.1) is 11.8 Å². The normalized spacial score (nSPS) is 24.1. The van der Waals surface area contributed by atoms with E-state index in [0.717, 1.165) is 57.3 Å². The molecule has 1 aliphatic carbocycles. The standard InChI is InChI=1S/C23H30N2O4/c26-21(24-13-6-1-7-14-24)16-29-23(28)19-10-4-3-9-18(19)22(27)25-15-12-17-8-2-5-11-20(17)25/h2,5,8,11,18-19H,1,3-4,6-7,9-10,12-16H2/t18-,19+/m0/s1. The van der Waals surface area contributed by atoms with Gasteiger partial charge in [-0.2, -0.15) is 0 Å². The van der Waals surface area contributed by atoms with E-state index < -0.39 is 5.92 Å². The number of ether oxygens (including phenoxy) is 1. The number of hydrogen-bond donors (Lipinski definition) is 0. The van der Waals surface area contributed by atoms with Gasteiger partial charge in [0.2, 0.25) is 5.91 Å². The van der Waals surface area contributed by atoms with E-state index in [1.165, 1.54) is 5.56 Å². The van der Waals surface area contributed by atoms with Crippen LogP contribution in [0.15, 0.2) is 24.3 Å². The molecule has 0 unspecified atom stereocenters. The van der Waals surface area contributed by atoms with Crippen LogP contribution in [0, 0.1) is 11.8 Å². The lowest BCUT2D eigenvalue weighted by atomic mass is 9.78. The molecule has 1 saturated carbocycles. The van der Waals surface area contributed by atoms with Gasteiger partial charge in [-0.15, -0.1) is 0 Å². The summed E-state index contributed by atoms with van der Waals surface area (Å²) in [7, 11) is 0. The predicted molar refractivity (Wildman–Crippen MR) is 109 cm³/mol. The van der Waals surface area contributed by atoms with Crippen molar-refractivity contribution in [1.82, 2.24) is 4.90 Å². The number of likely N-dealkylation sites (tertiary alicyclic amines) is 1. The van der Waals surface area contributed by atoms with Crippen LogP contribution in [-0.4, -0.2) is 48.9 Å². The molecule has 1 aromatic rings. The van der Waals surface area contributed by atoms with Crippen LogP contribution in [0.5, 0.6) is 0 Å². The van der Waals surface area contributed by atoms with Crippen molar-refractivity contribution in [2.24, 2.45) is 11.8 Å². The number of rotatable bonds is 4. The Morgan fingerprint density at radius 2 is 1.62 bits per heavy atom. The van der Waals surface area contributed by atoms with E-state index in [2.05, 4.69) is 6.07 Å². The maximum absolute atomic E-state index is 13.3. The zero-order chi connectivity index (χ0) is 20.2. The molecule has 6 nitrogen and oxygen atoms in total. The van der Waals surface area contributed by atoms with Gasteiger partial charge in [-0.1, -0.05) is 31.0 Å². The van der Waals surface area contributed by atoms with Crippen molar-refractivity contribution < 1.29 is 19.1 Å². The monoisotopic (exact) mass is 398 g/mol. The highest BCUT2D eigenvalue weighted by atomic mass is 16.5. The van der Waals surface area contributed by atoms with Gasteiger partial charge in [-0.3, -0.25) is 14.4 Å². The van der Waals surface area contributed by atoms with Crippen LogP contribution in [0.25, 0.3) is 0 Å². The molecule has 2 atom stereocenters. The molecule has 0 radical (unpaired) electrons. The second kappa shape index (κ2) is 8.97. The third-order valence-electron chi connectivity index (χ3n) is 6.59. The summed E-state index contributed by atoms with van der Waals surface area (Å²) < 4.78 is 5.41. The maximum atomic E-state index is 13.3. The molecule has 2 heterocycles. The number of hydrogen-bond acceptors (Lipinski definition) is 4. The molecule has 0 N–H and O–H groups in total. The van der Waals surface area contributed by atoms with Gasteiger partial charge in [-0.25, -0.2) is 0 Å². The molecule has 156 valence electrons. The van der Waals surface area contributed by atoms with Crippen molar-refractivity contribution in [2.45, 2.75) is 51.4 Å². The molecular formula is C23H30N2O4. The number of esters is 1. The zero-order valence-corrected chi connectivity index (χ0v) is 17.0. The van der Waals surface area contributed by atoms with Gasteiger partial charge in [-0.05, 0) is 50.2 Å². The summed E-state index contributed by atoms with van der Waals surface area (Å²) in [5.74, 6) is -1.28. The molecule has 1 aromatic carbocycles. The van der Waals surface area contributed by atoms with E-state index in [-0.39, 0.29) is 30.3 Å². The summed E-state index contributed by atoms with van der Waals surface area (Å²) in [4.78, 5) is 42.0. The molecule has 0 bridgehead atoms. The first-order valence-corrected chi connectivity index (χ1v) is 11.0. The fourth-order valence-corrected chi connectivity index (χ4v) is 4.95. The lowest BCUT2D eigenvalue weighted by Crippen LogP contribution is -2.43. The van der Waals surface area contributed by atoms with Crippen LogP contribution in [0.3, 0.4) is 0 Å². The molecule has 4 rings (SSSR count). The summed E-state index contributed by atoms with van der Waals surface area (Å²) >= 11 is 0. The number of carbonyl (C=O) groups is 3. The minimum atomic E-state index is -0.446. The quantitative estimate of drug-likeness (QED) is 0.732. The maximum Gasteiger partial charge on any atom is 0.310 e. The van der Waals surface area contributed by atoms with Crippen molar-refractivity contribution in [3.05, 3.63) is 29.8 Å². The minimum absolute atomic E-state index is 0.0268. The molecule has 2 amide bonds. The van der Waals surface area contributed by atoms with Crippen molar-refractivity contribution in [1.29, 1.82) is 0 Å². The SMILES string of the molecule is O=C(OCC(=O)N1CCCCC1)[C@@H]1CCCC[C@@H]1C(=O)N1CCc2ccccc21. The number of anilines is 1. The van der Waals surface area contributed by atoms with Crippen molar-refractivity contribution in [2.75, 3.05) is 31.1 Å². The summed E-state index contributed by atoms with van der Waals surface area (Å²) in [6.45, 7) is 1.96. The highest BCUT2D eigenvalue weighted by Crippen LogP contribution is 2.36. The zero-order valence-electron chi connectivity index (χ0n) is 17.0. The van der Waals surface area contributed by atoms with E-state index in [9.17, 15) is 14.4 Å². The third kappa shape index (κ3) is 4.31. The van der Waals surface area contributed by atoms with Gasteiger partial charge in [0.15, 0.2) is 6.61 Å². The second-order valence-corrected chi connectivity index (χ2v) is 8.42. The van der Waals surface area contributed by atoms with Crippen LogP contribution in [0.2, 0.25) is 0 Å². The van der Waals surface area contributed by atoms with Crippen LogP contribution in [0.4, 0.5) is 5.69 Å². The number of nitrogens with zero attached hydrogens (tertiary/aromatic N) is 2. The Bertz CT molecular complexity index is 772. The first kappa shape index (κ1) is 19.9. The number of benzene rings is 1. The van der Waals surface area contributed by atoms with Crippen molar-refractivity contribution in [3.8, 4) is 0 Å². The fraction of sp³-hybridized carbons (Fsp3) is 0.609.